The zero-order valence-corrected chi connectivity index (χ0v) is 12.2. The van der Waals surface area contributed by atoms with Crippen molar-refractivity contribution in [1.82, 2.24) is 4.31 Å². The summed E-state index contributed by atoms with van der Waals surface area (Å²) in [5, 5.41) is 13.0. The van der Waals surface area contributed by atoms with E-state index in [-0.39, 0.29) is 6.54 Å². The highest BCUT2D eigenvalue weighted by atomic mass is 32.2. The van der Waals surface area contributed by atoms with Gasteiger partial charge in [0.2, 0.25) is 10.0 Å². The second-order valence-electron chi connectivity index (χ2n) is 5.47. The van der Waals surface area contributed by atoms with Crippen LogP contribution in [0.2, 0.25) is 0 Å². The lowest BCUT2D eigenvalue weighted by Crippen LogP contribution is -2.42. The smallest absolute Gasteiger partial charge is 0.243 e. The lowest BCUT2D eigenvalue weighted by atomic mass is 10.0. The third kappa shape index (κ3) is 2.43. The molecule has 1 aromatic carbocycles. The van der Waals surface area contributed by atoms with E-state index in [4.69, 9.17) is 0 Å². The van der Waals surface area contributed by atoms with Gasteiger partial charge in [-0.2, -0.15) is 4.31 Å². The minimum atomic E-state index is -3.50. The van der Waals surface area contributed by atoms with E-state index in [1.54, 1.807) is 12.1 Å². The fraction of sp³-hybridized carbons (Fsp3) is 0.571. The van der Waals surface area contributed by atoms with Crippen LogP contribution in [0.15, 0.2) is 23.1 Å². The first kappa shape index (κ1) is 13.9. The molecular weight excluding hydrogens is 276 g/mol. The van der Waals surface area contributed by atoms with Crippen LogP contribution in [0.3, 0.4) is 0 Å². The number of anilines is 1. The van der Waals surface area contributed by atoms with Gasteiger partial charge in [0.15, 0.2) is 0 Å². The van der Waals surface area contributed by atoms with Gasteiger partial charge in [-0.1, -0.05) is 6.07 Å². The van der Waals surface area contributed by atoms with E-state index in [0.717, 1.165) is 30.6 Å². The predicted molar refractivity (Wildman–Crippen MR) is 77.3 cm³/mol. The maximum Gasteiger partial charge on any atom is 0.243 e. The Balaban J connectivity index is 1.99. The van der Waals surface area contributed by atoms with Crippen LogP contribution >= 0.6 is 0 Å². The van der Waals surface area contributed by atoms with E-state index >= 15 is 0 Å². The van der Waals surface area contributed by atoms with Crippen LogP contribution < -0.4 is 5.32 Å². The van der Waals surface area contributed by atoms with E-state index in [1.807, 2.05) is 6.07 Å². The number of hydrogen-bond donors (Lipinski definition) is 2. The quantitative estimate of drug-likeness (QED) is 0.860. The number of β-amino-alcohol motifs (C(OH)–C–C–N with tert-alkyl or cyclic N) is 1. The third-order valence-corrected chi connectivity index (χ3v) is 5.98. The molecule has 1 atom stereocenters. The normalized spacial score (nSPS) is 23.9. The predicted octanol–water partition coefficient (Wildman–Crippen LogP) is 1.19. The average molecular weight is 296 g/mol. The van der Waals surface area contributed by atoms with E-state index in [9.17, 15) is 13.5 Å². The first-order valence-electron chi connectivity index (χ1n) is 7.13. The highest BCUT2D eigenvalue weighted by Crippen LogP contribution is 2.31. The van der Waals surface area contributed by atoms with Crippen molar-refractivity contribution in [2.75, 3.05) is 25.0 Å². The standard InChI is InChI=1S/C14H20N2O3S/c17-11-4-3-9-16(10-11)20(18,19)14-7-1-6-13-12(14)5-2-8-15-13/h1,6-7,11,15,17H,2-5,8-10H2. The van der Waals surface area contributed by atoms with Crippen LogP contribution in [0.1, 0.15) is 24.8 Å². The number of hydrogen-bond acceptors (Lipinski definition) is 4. The van der Waals surface area contributed by atoms with Crippen LogP contribution in [-0.4, -0.2) is 43.6 Å². The summed E-state index contributed by atoms with van der Waals surface area (Å²) in [4.78, 5) is 0.399. The summed E-state index contributed by atoms with van der Waals surface area (Å²) in [5.41, 5.74) is 1.81. The molecule has 3 rings (SSSR count). The van der Waals surface area contributed by atoms with Gasteiger partial charge >= 0.3 is 0 Å². The topological polar surface area (TPSA) is 69.6 Å². The monoisotopic (exact) mass is 296 g/mol. The van der Waals surface area contributed by atoms with E-state index in [2.05, 4.69) is 5.32 Å². The minimum Gasteiger partial charge on any atom is -0.392 e. The van der Waals surface area contributed by atoms with E-state index in [0.29, 0.717) is 24.3 Å². The summed E-state index contributed by atoms with van der Waals surface area (Å²) in [6.07, 6.45) is 2.58. The Bertz CT molecular complexity index is 600. The number of fused-ring (bicyclic) bond motifs is 1. The van der Waals surface area contributed by atoms with Gasteiger partial charge in [0.25, 0.3) is 0 Å². The molecule has 1 fully saturated rings. The van der Waals surface area contributed by atoms with Crippen LogP contribution in [0.25, 0.3) is 0 Å². The van der Waals surface area contributed by atoms with Crippen molar-refractivity contribution in [2.24, 2.45) is 0 Å². The van der Waals surface area contributed by atoms with Gasteiger partial charge in [-0.25, -0.2) is 8.42 Å². The molecule has 2 heterocycles. The molecular formula is C14H20N2O3S. The maximum absolute atomic E-state index is 12.8. The average Bonchev–Trinajstić information content (AvgIpc) is 2.46. The van der Waals surface area contributed by atoms with Gasteiger partial charge in [0, 0.05) is 25.3 Å². The van der Waals surface area contributed by atoms with Crippen LogP contribution in [0.5, 0.6) is 0 Å². The number of nitrogens with one attached hydrogen (secondary N) is 1. The number of aliphatic hydroxyl groups is 1. The molecule has 20 heavy (non-hydrogen) atoms. The molecule has 1 saturated heterocycles. The highest BCUT2D eigenvalue weighted by molar-refractivity contribution is 7.89. The molecule has 0 bridgehead atoms. The zero-order chi connectivity index (χ0) is 14.2. The summed E-state index contributed by atoms with van der Waals surface area (Å²) < 4.78 is 27.0. The van der Waals surface area contributed by atoms with Crippen molar-refractivity contribution in [3.63, 3.8) is 0 Å². The van der Waals surface area contributed by atoms with Crippen molar-refractivity contribution >= 4 is 15.7 Å². The van der Waals surface area contributed by atoms with Crippen molar-refractivity contribution in [1.29, 1.82) is 0 Å². The maximum atomic E-state index is 12.8. The van der Waals surface area contributed by atoms with Gasteiger partial charge in [0.05, 0.1) is 11.0 Å². The number of benzene rings is 1. The van der Waals surface area contributed by atoms with E-state index < -0.39 is 16.1 Å². The summed E-state index contributed by atoms with van der Waals surface area (Å²) in [6.45, 7) is 1.59. The molecule has 6 heteroatoms. The molecule has 0 spiro atoms. The van der Waals surface area contributed by atoms with Crippen molar-refractivity contribution in [2.45, 2.75) is 36.7 Å². The number of aliphatic hydroxyl groups excluding tert-OH is 1. The number of rotatable bonds is 2. The Hall–Kier alpha value is -1.11. The Morgan fingerprint density at radius 2 is 2.15 bits per heavy atom. The largest absolute Gasteiger partial charge is 0.392 e. The van der Waals surface area contributed by atoms with Gasteiger partial charge in [-0.15, -0.1) is 0 Å². The Morgan fingerprint density at radius 3 is 2.95 bits per heavy atom. The first-order chi connectivity index (χ1) is 9.59. The Kier molecular flexibility index (Phi) is 3.70. The molecule has 0 amide bonds. The zero-order valence-electron chi connectivity index (χ0n) is 11.4. The number of nitrogens with zero attached hydrogens (tertiary/aromatic N) is 1. The van der Waals surface area contributed by atoms with Gasteiger partial charge in [0.1, 0.15) is 0 Å². The second-order valence-corrected chi connectivity index (χ2v) is 7.38. The SMILES string of the molecule is O=S(=O)(c1cccc2c1CCCN2)N1CCCC(O)C1. The van der Waals surface area contributed by atoms with Crippen molar-refractivity contribution < 1.29 is 13.5 Å². The molecule has 0 radical (unpaired) electrons. The number of piperidine rings is 1. The summed E-state index contributed by atoms with van der Waals surface area (Å²) in [5.74, 6) is 0. The molecule has 5 nitrogen and oxygen atoms in total. The van der Waals surface area contributed by atoms with Crippen LogP contribution in [0.4, 0.5) is 5.69 Å². The molecule has 0 aromatic heterocycles. The van der Waals surface area contributed by atoms with Crippen LogP contribution in [0, 0.1) is 0 Å². The first-order valence-corrected chi connectivity index (χ1v) is 8.57. The van der Waals surface area contributed by atoms with Gasteiger partial charge < -0.3 is 10.4 Å². The van der Waals surface area contributed by atoms with Crippen LogP contribution in [-0.2, 0) is 16.4 Å². The lowest BCUT2D eigenvalue weighted by Gasteiger charge is -2.30. The molecule has 2 aliphatic rings. The van der Waals surface area contributed by atoms with Crippen molar-refractivity contribution in [3.05, 3.63) is 23.8 Å². The molecule has 110 valence electrons. The molecule has 2 aliphatic heterocycles. The minimum absolute atomic E-state index is 0.208. The number of sulfonamides is 1. The van der Waals surface area contributed by atoms with E-state index in [1.165, 1.54) is 4.31 Å². The lowest BCUT2D eigenvalue weighted by molar-refractivity contribution is 0.108. The molecule has 1 aromatic rings. The van der Waals surface area contributed by atoms with Crippen molar-refractivity contribution in [3.8, 4) is 0 Å². The fourth-order valence-corrected chi connectivity index (χ4v) is 4.79. The third-order valence-electron chi connectivity index (χ3n) is 4.03. The Labute approximate surface area is 119 Å². The summed E-state index contributed by atoms with van der Waals surface area (Å²) >= 11 is 0. The summed E-state index contributed by atoms with van der Waals surface area (Å²) in [7, 11) is -3.50. The molecule has 1 unspecified atom stereocenters. The van der Waals surface area contributed by atoms with Gasteiger partial charge in [-0.05, 0) is 43.4 Å². The summed E-state index contributed by atoms with van der Waals surface area (Å²) in [6, 6.07) is 5.39. The highest BCUT2D eigenvalue weighted by Gasteiger charge is 2.32. The Morgan fingerprint density at radius 1 is 1.30 bits per heavy atom. The van der Waals surface area contributed by atoms with Gasteiger partial charge in [-0.3, -0.25) is 0 Å². The molecule has 0 aliphatic carbocycles. The fourth-order valence-electron chi connectivity index (χ4n) is 3.00. The molecule has 2 N–H and O–H groups in total. The second kappa shape index (κ2) is 5.35. The molecule has 0 saturated carbocycles.